The van der Waals surface area contributed by atoms with E-state index in [4.69, 9.17) is 28.6 Å². The third kappa shape index (κ3) is 5.18. The van der Waals surface area contributed by atoms with Crippen LogP contribution in [0.5, 0.6) is 5.75 Å². The van der Waals surface area contributed by atoms with Crippen LogP contribution < -0.4 is 20.9 Å². The molecule has 0 bridgehead atoms. The highest BCUT2D eigenvalue weighted by atomic mass is 35.5. The first-order chi connectivity index (χ1) is 13.5. The molecule has 0 atom stereocenters. The summed E-state index contributed by atoms with van der Waals surface area (Å²) in [6.45, 7) is -0.224. The van der Waals surface area contributed by atoms with Crippen LogP contribution in [-0.2, 0) is 4.79 Å². The minimum atomic E-state index is -0.456. The molecule has 0 saturated heterocycles. The van der Waals surface area contributed by atoms with Gasteiger partial charge in [-0.05, 0) is 41.9 Å². The normalized spacial score (nSPS) is 10.2. The van der Waals surface area contributed by atoms with Crippen molar-refractivity contribution in [2.45, 2.75) is 0 Å². The molecule has 0 spiro atoms. The van der Waals surface area contributed by atoms with Gasteiger partial charge in [-0.1, -0.05) is 54.1 Å². The Hall–Kier alpha value is -3.16. The number of rotatable bonds is 4. The number of amides is 2. The summed E-state index contributed by atoms with van der Waals surface area (Å²) in [6, 6.07) is 19.7. The zero-order chi connectivity index (χ0) is 19.9. The SMILES string of the molecule is O=C(COc1cccc2ccccc12)NC(=S)NNC(=O)c1cccc(Cl)c1. The fourth-order valence-electron chi connectivity index (χ4n) is 2.47. The van der Waals surface area contributed by atoms with Crippen molar-refractivity contribution in [2.24, 2.45) is 0 Å². The summed E-state index contributed by atoms with van der Waals surface area (Å²) in [5.74, 6) is -0.296. The average Bonchev–Trinajstić information content (AvgIpc) is 2.70. The van der Waals surface area contributed by atoms with Gasteiger partial charge in [0, 0.05) is 16.0 Å². The summed E-state index contributed by atoms with van der Waals surface area (Å²) >= 11 is 10.8. The lowest BCUT2D eigenvalue weighted by Gasteiger charge is -2.12. The summed E-state index contributed by atoms with van der Waals surface area (Å²) in [5.41, 5.74) is 5.20. The van der Waals surface area contributed by atoms with E-state index in [1.54, 1.807) is 24.3 Å². The number of thiocarbonyl (C=S) groups is 1. The molecule has 0 aliphatic rings. The lowest BCUT2D eigenvalue weighted by atomic mass is 10.1. The van der Waals surface area contributed by atoms with E-state index >= 15 is 0 Å². The summed E-state index contributed by atoms with van der Waals surface area (Å²) in [5, 5.41) is 4.74. The number of hydrogen-bond acceptors (Lipinski definition) is 4. The van der Waals surface area contributed by atoms with Crippen LogP contribution in [0.3, 0.4) is 0 Å². The number of halogens is 1. The highest BCUT2D eigenvalue weighted by Gasteiger charge is 2.09. The molecule has 142 valence electrons. The Balaban J connectivity index is 1.48. The second-order valence-corrected chi connectivity index (χ2v) is 6.58. The van der Waals surface area contributed by atoms with E-state index in [1.807, 2.05) is 36.4 Å². The lowest BCUT2D eigenvalue weighted by molar-refractivity contribution is -0.121. The van der Waals surface area contributed by atoms with E-state index in [9.17, 15) is 9.59 Å². The second kappa shape index (κ2) is 9.16. The Bertz CT molecular complexity index is 1040. The molecule has 6 nitrogen and oxygen atoms in total. The van der Waals surface area contributed by atoms with Gasteiger partial charge in [0.05, 0.1) is 0 Å². The Kier molecular flexibility index (Phi) is 6.41. The molecular weight excluding hydrogens is 398 g/mol. The van der Waals surface area contributed by atoms with Gasteiger partial charge in [-0.3, -0.25) is 25.8 Å². The number of carbonyl (C=O) groups excluding carboxylic acids is 2. The molecule has 0 fully saturated rings. The number of ether oxygens (including phenoxy) is 1. The minimum Gasteiger partial charge on any atom is -0.483 e. The van der Waals surface area contributed by atoms with Gasteiger partial charge < -0.3 is 4.74 Å². The number of fused-ring (bicyclic) bond motifs is 1. The van der Waals surface area contributed by atoms with Gasteiger partial charge in [-0.15, -0.1) is 0 Å². The lowest BCUT2D eigenvalue weighted by Crippen LogP contribution is -2.49. The van der Waals surface area contributed by atoms with Gasteiger partial charge in [-0.2, -0.15) is 0 Å². The van der Waals surface area contributed by atoms with Crippen molar-refractivity contribution >= 4 is 51.5 Å². The number of hydrazine groups is 1. The molecule has 0 aromatic heterocycles. The first-order valence-corrected chi connectivity index (χ1v) is 9.08. The molecule has 8 heteroatoms. The molecule has 28 heavy (non-hydrogen) atoms. The van der Waals surface area contributed by atoms with Crippen molar-refractivity contribution < 1.29 is 14.3 Å². The van der Waals surface area contributed by atoms with Crippen LogP contribution in [0.25, 0.3) is 10.8 Å². The number of hydrogen-bond donors (Lipinski definition) is 3. The topological polar surface area (TPSA) is 79.5 Å². The van der Waals surface area contributed by atoms with Crippen LogP contribution in [0.15, 0.2) is 66.7 Å². The average molecular weight is 414 g/mol. The van der Waals surface area contributed by atoms with Crippen LogP contribution in [0.4, 0.5) is 0 Å². The molecule has 3 aromatic carbocycles. The van der Waals surface area contributed by atoms with Crippen LogP contribution >= 0.6 is 23.8 Å². The zero-order valence-corrected chi connectivity index (χ0v) is 16.1. The quantitative estimate of drug-likeness (QED) is 0.452. The van der Waals surface area contributed by atoms with Crippen LogP contribution in [0, 0.1) is 0 Å². The second-order valence-electron chi connectivity index (χ2n) is 5.73. The Morgan fingerprint density at radius 2 is 1.71 bits per heavy atom. The molecule has 0 heterocycles. The van der Waals surface area contributed by atoms with Gasteiger partial charge in [0.2, 0.25) is 0 Å². The zero-order valence-electron chi connectivity index (χ0n) is 14.6. The first-order valence-electron chi connectivity index (χ1n) is 8.29. The summed E-state index contributed by atoms with van der Waals surface area (Å²) in [6.07, 6.45) is 0. The molecule has 3 N–H and O–H groups in total. The fraction of sp³-hybridized carbons (Fsp3) is 0.0500. The Morgan fingerprint density at radius 1 is 0.964 bits per heavy atom. The minimum absolute atomic E-state index is 0.0538. The number of nitrogens with one attached hydrogen (secondary N) is 3. The van der Waals surface area contributed by atoms with Gasteiger partial charge in [0.15, 0.2) is 11.7 Å². The van der Waals surface area contributed by atoms with E-state index in [-0.39, 0.29) is 11.7 Å². The van der Waals surface area contributed by atoms with E-state index in [1.165, 1.54) is 6.07 Å². The molecular formula is C20H16ClN3O3S. The maximum Gasteiger partial charge on any atom is 0.269 e. The smallest absolute Gasteiger partial charge is 0.269 e. The van der Waals surface area contributed by atoms with Crippen LogP contribution in [0.1, 0.15) is 10.4 Å². The summed E-state index contributed by atoms with van der Waals surface area (Å²) < 4.78 is 5.59. The first kappa shape index (κ1) is 19.6. The molecule has 0 unspecified atom stereocenters. The highest BCUT2D eigenvalue weighted by molar-refractivity contribution is 7.80. The third-order valence-electron chi connectivity index (χ3n) is 3.74. The summed E-state index contributed by atoms with van der Waals surface area (Å²) in [4.78, 5) is 24.0. The van der Waals surface area contributed by atoms with E-state index in [0.717, 1.165) is 10.8 Å². The molecule has 3 rings (SSSR count). The highest BCUT2D eigenvalue weighted by Crippen LogP contribution is 2.24. The van der Waals surface area contributed by atoms with Crippen molar-refractivity contribution in [1.82, 2.24) is 16.2 Å². The monoisotopic (exact) mass is 413 g/mol. The molecule has 0 aliphatic carbocycles. The van der Waals surface area contributed by atoms with E-state index in [2.05, 4.69) is 16.2 Å². The fourth-order valence-corrected chi connectivity index (χ4v) is 2.83. The van der Waals surface area contributed by atoms with Crippen LogP contribution in [-0.4, -0.2) is 23.5 Å². The van der Waals surface area contributed by atoms with Gasteiger partial charge in [0.25, 0.3) is 11.8 Å². The molecule has 0 saturated carbocycles. The van der Waals surface area contributed by atoms with Crippen molar-refractivity contribution in [3.63, 3.8) is 0 Å². The largest absolute Gasteiger partial charge is 0.483 e. The van der Waals surface area contributed by atoms with Crippen molar-refractivity contribution in [3.05, 3.63) is 77.3 Å². The standard InChI is InChI=1S/C20H16ClN3O3S/c21-15-8-3-7-14(11-15)19(26)23-24-20(28)22-18(25)12-27-17-10-4-6-13-5-1-2-9-16(13)17/h1-11H,12H2,(H,23,26)(H2,22,24,25,28). The van der Waals surface area contributed by atoms with E-state index < -0.39 is 11.8 Å². The number of benzene rings is 3. The van der Waals surface area contributed by atoms with E-state index in [0.29, 0.717) is 16.3 Å². The maximum absolute atomic E-state index is 12.0. The molecule has 3 aromatic rings. The third-order valence-corrected chi connectivity index (χ3v) is 4.18. The van der Waals surface area contributed by atoms with Gasteiger partial charge in [0.1, 0.15) is 5.75 Å². The van der Waals surface area contributed by atoms with Crippen molar-refractivity contribution in [3.8, 4) is 5.75 Å². The van der Waals surface area contributed by atoms with Crippen LogP contribution in [0.2, 0.25) is 5.02 Å². The predicted octanol–water partition coefficient (Wildman–Crippen LogP) is 3.21. The summed E-state index contributed by atoms with van der Waals surface area (Å²) in [7, 11) is 0. The van der Waals surface area contributed by atoms with Gasteiger partial charge in [-0.25, -0.2) is 0 Å². The molecule has 2 amide bonds. The van der Waals surface area contributed by atoms with Gasteiger partial charge >= 0.3 is 0 Å². The maximum atomic E-state index is 12.0. The number of carbonyl (C=O) groups is 2. The molecule has 0 radical (unpaired) electrons. The predicted molar refractivity (Wildman–Crippen MR) is 112 cm³/mol. The molecule has 0 aliphatic heterocycles. The Labute approximate surface area is 171 Å². The Morgan fingerprint density at radius 3 is 2.54 bits per heavy atom. The van der Waals surface area contributed by atoms with Crippen molar-refractivity contribution in [2.75, 3.05) is 6.61 Å². The van der Waals surface area contributed by atoms with Crippen molar-refractivity contribution in [1.29, 1.82) is 0 Å².